The molecule has 0 spiro atoms. The number of guanidine groups is 1. The van der Waals surface area contributed by atoms with Gasteiger partial charge in [0, 0.05) is 50.0 Å². The molecule has 0 aliphatic carbocycles. The van der Waals surface area contributed by atoms with E-state index in [2.05, 4.69) is 32.5 Å². The molecular formula is C17H27N5OS3. The minimum Gasteiger partial charge on any atom is -0.375 e. The molecule has 144 valence electrons. The third-order valence-electron chi connectivity index (χ3n) is 3.57. The lowest BCUT2D eigenvalue weighted by molar-refractivity contribution is 0.119. The average Bonchev–Trinajstić information content (AvgIpc) is 3.31. The molecule has 2 aromatic rings. The number of hydrogen-bond acceptors (Lipinski definition) is 7. The number of thiazole rings is 2. The van der Waals surface area contributed by atoms with Crippen molar-refractivity contribution in [3.63, 3.8) is 0 Å². The molecule has 1 unspecified atom stereocenters. The molecule has 26 heavy (non-hydrogen) atoms. The summed E-state index contributed by atoms with van der Waals surface area (Å²) < 4.78 is 6.46. The highest BCUT2D eigenvalue weighted by molar-refractivity contribution is 8.00. The molecule has 6 nitrogen and oxygen atoms in total. The first-order valence-electron chi connectivity index (χ1n) is 8.62. The van der Waals surface area contributed by atoms with E-state index in [1.807, 2.05) is 25.5 Å². The maximum Gasteiger partial charge on any atom is 0.194 e. The molecule has 1 atom stereocenters. The van der Waals surface area contributed by atoms with Gasteiger partial charge in [-0.3, -0.25) is 4.99 Å². The van der Waals surface area contributed by atoms with Crippen molar-refractivity contribution in [3.8, 4) is 0 Å². The molecule has 0 saturated carbocycles. The van der Waals surface area contributed by atoms with Crippen LogP contribution in [0.2, 0.25) is 0 Å². The third kappa shape index (κ3) is 6.86. The summed E-state index contributed by atoms with van der Waals surface area (Å²) in [6, 6.07) is 0. The van der Waals surface area contributed by atoms with Crippen LogP contribution in [-0.4, -0.2) is 53.8 Å². The van der Waals surface area contributed by atoms with Crippen LogP contribution >= 0.6 is 34.4 Å². The Hall–Kier alpha value is -1.16. The van der Waals surface area contributed by atoms with Gasteiger partial charge < -0.3 is 15.0 Å². The molecular weight excluding hydrogens is 386 g/mol. The van der Waals surface area contributed by atoms with Gasteiger partial charge in [-0.15, -0.1) is 22.7 Å². The quantitative estimate of drug-likeness (QED) is 0.276. The summed E-state index contributed by atoms with van der Waals surface area (Å²) >= 11 is 5.12. The highest BCUT2D eigenvalue weighted by Gasteiger charge is 2.12. The molecule has 0 fully saturated rings. The Morgan fingerprint density at radius 1 is 1.46 bits per heavy atom. The second-order valence-electron chi connectivity index (χ2n) is 5.65. The first-order valence-corrected chi connectivity index (χ1v) is 11.4. The Morgan fingerprint density at radius 3 is 3.00 bits per heavy atom. The topological polar surface area (TPSA) is 62.6 Å². The van der Waals surface area contributed by atoms with Crippen LogP contribution in [0.5, 0.6) is 0 Å². The standard InChI is InChI=1S/C17H27N5OS3/c1-5-18-16(19-7-6-9-24-17-20-8-10-25-17)22(3)11-14-12-26-15(21-14)13(2)23-4/h8,10,12-13H,5-7,9,11H2,1-4H3,(H,18,19). The minimum atomic E-state index is 0.0382. The number of ether oxygens (including phenoxy) is 1. The Bertz CT molecular complexity index is 659. The number of rotatable bonds is 10. The fourth-order valence-electron chi connectivity index (χ4n) is 2.16. The van der Waals surface area contributed by atoms with Crippen LogP contribution in [0, 0.1) is 0 Å². The Labute approximate surface area is 168 Å². The molecule has 1 N–H and O–H groups in total. The van der Waals surface area contributed by atoms with E-state index in [-0.39, 0.29) is 6.10 Å². The van der Waals surface area contributed by atoms with Crippen molar-refractivity contribution in [2.75, 3.05) is 33.0 Å². The lowest BCUT2D eigenvalue weighted by Gasteiger charge is -2.21. The second kappa shape index (κ2) is 11.5. The summed E-state index contributed by atoms with van der Waals surface area (Å²) in [5.74, 6) is 1.95. The number of aromatic nitrogens is 2. The van der Waals surface area contributed by atoms with E-state index in [1.165, 1.54) is 0 Å². The van der Waals surface area contributed by atoms with Crippen molar-refractivity contribution < 1.29 is 4.74 Å². The van der Waals surface area contributed by atoms with E-state index in [4.69, 9.17) is 9.73 Å². The molecule has 0 bridgehead atoms. The number of nitrogens with one attached hydrogen (secondary N) is 1. The first kappa shape index (κ1) is 21.1. The summed E-state index contributed by atoms with van der Waals surface area (Å²) in [7, 11) is 3.76. The molecule has 0 amide bonds. The van der Waals surface area contributed by atoms with Crippen LogP contribution in [0.1, 0.15) is 37.1 Å². The minimum absolute atomic E-state index is 0.0382. The van der Waals surface area contributed by atoms with Crippen molar-refractivity contribution in [1.29, 1.82) is 0 Å². The number of aliphatic imine (C=N–C) groups is 1. The Balaban J connectivity index is 1.83. The first-order chi connectivity index (χ1) is 12.6. The zero-order chi connectivity index (χ0) is 18.8. The molecule has 0 saturated heterocycles. The van der Waals surface area contributed by atoms with E-state index in [9.17, 15) is 0 Å². The third-order valence-corrected chi connectivity index (χ3v) is 6.67. The predicted molar refractivity (Wildman–Crippen MR) is 112 cm³/mol. The largest absolute Gasteiger partial charge is 0.375 e. The van der Waals surface area contributed by atoms with Gasteiger partial charge in [-0.2, -0.15) is 0 Å². The number of nitrogens with zero attached hydrogens (tertiary/aromatic N) is 4. The Morgan fingerprint density at radius 2 is 2.31 bits per heavy atom. The molecule has 0 aliphatic rings. The fraction of sp³-hybridized carbons (Fsp3) is 0.588. The van der Waals surface area contributed by atoms with E-state index < -0.39 is 0 Å². The van der Waals surface area contributed by atoms with Gasteiger partial charge in [0.05, 0.1) is 12.2 Å². The summed E-state index contributed by atoms with van der Waals surface area (Å²) in [6.45, 7) is 6.48. The zero-order valence-corrected chi connectivity index (χ0v) is 18.2. The molecule has 2 aromatic heterocycles. The number of methoxy groups -OCH3 is 1. The van der Waals surface area contributed by atoms with E-state index in [0.717, 1.165) is 52.8 Å². The van der Waals surface area contributed by atoms with Gasteiger partial charge in [-0.25, -0.2) is 9.97 Å². The smallest absolute Gasteiger partial charge is 0.194 e. The highest BCUT2D eigenvalue weighted by atomic mass is 32.2. The van der Waals surface area contributed by atoms with E-state index in [0.29, 0.717) is 0 Å². The molecule has 0 radical (unpaired) electrons. The molecule has 2 rings (SSSR count). The SMILES string of the molecule is CCNC(=NCCCSc1nccs1)N(C)Cc1csc(C(C)OC)n1. The maximum atomic E-state index is 5.34. The van der Waals surface area contributed by atoms with Crippen LogP contribution in [0.15, 0.2) is 26.3 Å². The van der Waals surface area contributed by atoms with Crippen molar-refractivity contribution in [2.24, 2.45) is 4.99 Å². The summed E-state index contributed by atoms with van der Waals surface area (Å²) in [6.07, 6.45) is 2.91. The highest BCUT2D eigenvalue weighted by Crippen LogP contribution is 2.21. The van der Waals surface area contributed by atoms with Gasteiger partial charge in [0.1, 0.15) is 15.5 Å². The number of thioether (sulfide) groups is 1. The van der Waals surface area contributed by atoms with Crippen molar-refractivity contribution >= 4 is 40.4 Å². The van der Waals surface area contributed by atoms with Gasteiger partial charge in [-0.1, -0.05) is 11.8 Å². The van der Waals surface area contributed by atoms with Crippen LogP contribution < -0.4 is 5.32 Å². The van der Waals surface area contributed by atoms with Gasteiger partial charge in [0.15, 0.2) is 5.96 Å². The van der Waals surface area contributed by atoms with Gasteiger partial charge in [0.25, 0.3) is 0 Å². The second-order valence-corrected chi connectivity index (χ2v) is 8.77. The lowest BCUT2D eigenvalue weighted by Crippen LogP contribution is -2.38. The van der Waals surface area contributed by atoms with E-state index in [1.54, 1.807) is 41.5 Å². The molecule has 9 heteroatoms. The summed E-state index contributed by atoms with van der Waals surface area (Å²) in [5, 5.41) is 8.47. The lowest BCUT2D eigenvalue weighted by atomic mass is 10.4. The van der Waals surface area contributed by atoms with Crippen molar-refractivity contribution in [2.45, 2.75) is 37.3 Å². The Kier molecular flexibility index (Phi) is 9.38. The van der Waals surface area contributed by atoms with Crippen LogP contribution in [0.4, 0.5) is 0 Å². The van der Waals surface area contributed by atoms with Gasteiger partial charge in [-0.05, 0) is 20.3 Å². The zero-order valence-electron chi connectivity index (χ0n) is 15.8. The molecule has 0 aromatic carbocycles. The van der Waals surface area contributed by atoms with Gasteiger partial charge in [0.2, 0.25) is 0 Å². The maximum absolute atomic E-state index is 5.34. The van der Waals surface area contributed by atoms with Crippen LogP contribution in [-0.2, 0) is 11.3 Å². The van der Waals surface area contributed by atoms with E-state index >= 15 is 0 Å². The molecule has 2 heterocycles. The summed E-state index contributed by atoms with van der Waals surface area (Å²) in [4.78, 5) is 15.8. The number of hydrogen-bond donors (Lipinski definition) is 1. The van der Waals surface area contributed by atoms with Crippen molar-refractivity contribution in [3.05, 3.63) is 27.7 Å². The monoisotopic (exact) mass is 413 g/mol. The molecule has 0 aliphatic heterocycles. The van der Waals surface area contributed by atoms with Crippen molar-refractivity contribution in [1.82, 2.24) is 20.2 Å². The predicted octanol–water partition coefficient (Wildman–Crippen LogP) is 3.89. The summed E-state index contributed by atoms with van der Waals surface area (Å²) in [5.41, 5.74) is 1.04. The van der Waals surface area contributed by atoms with Gasteiger partial charge >= 0.3 is 0 Å². The normalized spacial score (nSPS) is 13.0. The van der Waals surface area contributed by atoms with Crippen LogP contribution in [0.3, 0.4) is 0 Å². The average molecular weight is 414 g/mol. The fourth-order valence-corrected chi connectivity index (χ4v) is 4.63. The van der Waals surface area contributed by atoms with Crippen LogP contribution in [0.25, 0.3) is 0 Å².